The zero-order chi connectivity index (χ0) is 14.8. The van der Waals surface area contributed by atoms with Crippen LogP contribution in [0.1, 0.15) is 18.9 Å². The molecule has 21 heavy (non-hydrogen) atoms. The molecule has 3 aromatic rings. The molecule has 0 bridgehead atoms. The van der Waals surface area contributed by atoms with Crippen molar-refractivity contribution < 1.29 is 4.39 Å². The maximum Gasteiger partial charge on any atom is 0.149 e. The van der Waals surface area contributed by atoms with Gasteiger partial charge in [-0.15, -0.1) is 5.10 Å². The van der Waals surface area contributed by atoms with E-state index < -0.39 is 0 Å². The number of para-hydroxylation sites is 2. The molecular formula is C16H17FN4. The summed E-state index contributed by atoms with van der Waals surface area (Å²) in [6.07, 6.45) is 1.45. The van der Waals surface area contributed by atoms with Gasteiger partial charge in [-0.2, -0.15) is 0 Å². The summed E-state index contributed by atoms with van der Waals surface area (Å²) in [4.78, 5) is 0. The van der Waals surface area contributed by atoms with Crippen molar-refractivity contribution in [1.82, 2.24) is 15.0 Å². The highest BCUT2D eigenvalue weighted by Crippen LogP contribution is 2.23. The third-order valence-electron chi connectivity index (χ3n) is 3.64. The van der Waals surface area contributed by atoms with E-state index in [9.17, 15) is 4.39 Å². The zero-order valence-corrected chi connectivity index (χ0v) is 11.8. The van der Waals surface area contributed by atoms with E-state index in [2.05, 4.69) is 10.3 Å². The van der Waals surface area contributed by atoms with Gasteiger partial charge in [0.25, 0.3) is 0 Å². The van der Waals surface area contributed by atoms with Crippen molar-refractivity contribution in [2.75, 3.05) is 0 Å². The summed E-state index contributed by atoms with van der Waals surface area (Å²) in [5.74, 6) is -0.313. The number of benzene rings is 2. The molecule has 2 aromatic carbocycles. The molecule has 2 N–H and O–H groups in total. The largest absolute Gasteiger partial charge is 0.327 e. The van der Waals surface area contributed by atoms with Crippen LogP contribution >= 0.6 is 0 Å². The summed E-state index contributed by atoms with van der Waals surface area (Å²) < 4.78 is 15.9. The molecule has 5 heteroatoms. The lowest BCUT2D eigenvalue weighted by molar-refractivity contribution is 0.595. The second-order valence-electron chi connectivity index (χ2n) is 5.11. The SMILES string of the molecule is CCC(N)Cc1cccc(F)c1-n1nnc2ccccc21. The van der Waals surface area contributed by atoms with Gasteiger partial charge >= 0.3 is 0 Å². The molecular weight excluding hydrogens is 267 g/mol. The topological polar surface area (TPSA) is 56.7 Å². The average Bonchev–Trinajstić information content (AvgIpc) is 2.91. The van der Waals surface area contributed by atoms with E-state index in [4.69, 9.17) is 5.73 Å². The molecule has 4 nitrogen and oxygen atoms in total. The van der Waals surface area contributed by atoms with Crippen molar-refractivity contribution in [3.8, 4) is 5.69 Å². The molecule has 3 rings (SSSR count). The lowest BCUT2D eigenvalue weighted by Crippen LogP contribution is -2.22. The number of halogens is 1. The van der Waals surface area contributed by atoms with E-state index in [1.807, 2.05) is 37.3 Å². The first-order valence-corrected chi connectivity index (χ1v) is 7.04. The number of aromatic nitrogens is 3. The molecule has 0 amide bonds. The quantitative estimate of drug-likeness (QED) is 0.801. The predicted molar refractivity (Wildman–Crippen MR) is 80.8 cm³/mol. The van der Waals surface area contributed by atoms with Crippen LogP contribution in [0.4, 0.5) is 4.39 Å². The van der Waals surface area contributed by atoms with Crippen molar-refractivity contribution in [3.63, 3.8) is 0 Å². The fourth-order valence-electron chi connectivity index (χ4n) is 2.42. The molecule has 0 spiro atoms. The molecule has 108 valence electrons. The third-order valence-corrected chi connectivity index (χ3v) is 3.64. The number of nitrogens with two attached hydrogens (primary N) is 1. The normalized spacial score (nSPS) is 12.7. The minimum Gasteiger partial charge on any atom is -0.327 e. The number of nitrogens with zero attached hydrogens (tertiary/aromatic N) is 3. The minimum absolute atomic E-state index is 0.000311. The number of hydrogen-bond donors (Lipinski definition) is 1. The van der Waals surface area contributed by atoms with Gasteiger partial charge in [-0.05, 0) is 36.6 Å². The highest BCUT2D eigenvalue weighted by Gasteiger charge is 2.16. The van der Waals surface area contributed by atoms with E-state index in [0.717, 1.165) is 23.0 Å². The Hall–Kier alpha value is -2.27. The van der Waals surface area contributed by atoms with Gasteiger partial charge in [0.1, 0.15) is 17.0 Å². The Labute approximate surface area is 122 Å². The van der Waals surface area contributed by atoms with Crippen LogP contribution in [0.2, 0.25) is 0 Å². The van der Waals surface area contributed by atoms with E-state index in [1.165, 1.54) is 6.07 Å². The highest BCUT2D eigenvalue weighted by molar-refractivity contribution is 5.76. The Morgan fingerprint density at radius 2 is 2.00 bits per heavy atom. The number of hydrogen-bond acceptors (Lipinski definition) is 3. The van der Waals surface area contributed by atoms with Crippen molar-refractivity contribution in [2.24, 2.45) is 5.73 Å². The monoisotopic (exact) mass is 284 g/mol. The first-order chi connectivity index (χ1) is 10.2. The lowest BCUT2D eigenvalue weighted by Gasteiger charge is -2.14. The predicted octanol–water partition coefficient (Wildman–Crippen LogP) is 2.84. The van der Waals surface area contributed by atoms with Crippen LogP contribution in [0.5, 0.6) is 0 Å². The standard InChI is InChI=1S/C16H17FN4/c1-2-12(18)10-11-6-5-7-13(17)16(11)21-15-9-4-3-8-14(15)19-20-21/h3-9,12H,2,10,18H2,1H3. The highest BCUT2D eigenvalue weighted by atomic mass is 19.1. The van der Waals surface area contributed by atoms with Gasteiger partial charge < -0.3 is 5.73 Å². The van der Waals surface area contributed by atoms with Crippen LogP contribution in [0.25, 0.3) is 16.7 Å². The summed E-state index contributed by atoms with van der Waals surface area (Å²) in [5.41, 5.74) is 8.84. The van der Waals surface area contributed by atoms with Crippen molar-refractivity contribution in [1.29, 1.82) is 0 Å². The maximum absolute atomic E-state index is 14.4. The fraction of sp³-hybridized carbons (Fsp3) is 0.250. The Balaban J connectivity index is 2.17. The summed E-state index contributed by atoms with van der Waals surface area (Å²) >= 11 is 0. The molecule has 0 radical (unpaired) electrons. The average molecular weight is 284 g/mol. The molecule has 0 aliphatic carbocycles. The van der Waals surface area contributed by atoms with Gasteiger partial charge in [-0.3, -0.25) is 0 Å². The fourth-order valence-corrected chi connectivity index (χ4v) is 2.42. The van der Waals surface area contributed by atoms with Crippen molar-refractivity contribution >= 4 is 11.0 Å². The second kappa shape index (κ2) is 5.61. The van der Waals surface area contributed by atoms with E-state index in [0.29, 0.717) is 12.1 Å². The first kappa shape index (κ1) is 13.7. The van der Waals surface area contributed by atoms with Crippen molar-refractivity contribution in [3.05, 3.63) is 53.8 Å². The van der Waals surface area contributed by atoms with Gasteiger partial charge in [0.05, 0.1) is 5.52 Å². The van der Waals surface area contributed by atoms with Gasteiger partial charge in [-0.25, -0.2) is 9.07 Å². The number of fused-ring (bicyclic) bond motifs is 1. The molecule has 0 saturated heterocycles. The summed E-state index contributed by atoms with van der Waals surface area (Å²) in [7, 11) is 0. The molecule has 0 fully saturated rings. The molecule has 1 heterocycles. The third kappa shape index (κ3) is 2.52. The maximum atomic E-state index is 14.4. The summed E-state index contributed by atoms with van der Waals surface area (Å²) in [6, 6.07) is 12.5. The number of rotatable bonds is 4. The van der Waals surface area contributed by atoms with Crippen LogP contribution in [0, 0.1) is 5.82 Å². The Morgan fingerprint density at radius 1 is 1.19 bits per heavy atom. The van der Waals surface area contributed by atoms with Crippen LogP contribution < -0.4 is 5.73 Å². The van der Waals surface area contributed by atoms with E-state index >= 15 is 0 Å². The first-order valence-electron chi connectivity index (χ1n) is 7.04. The molecule has 1 unspecified atom stereocenters. The van der Waals surface area contributed by atoms with E-state index in [1.54, 1.807) is 10.7 Å². The Kier molecular flexibility index (Phi) is 3.66. The summed E-state index contributed by atoms with van der Waals surface area (Å²) in [5, 5.41) is 8.20. The molecule has 0 aliphatic rings. The lowest BCUT2D eigenvalue weighted by atomic mass is 10.0. The smallest absolute Gasteiger partial charge is 0.149 e. The molecule has 1 atom stereocenters. The second-order valence-corrected chi connectivity index (χ2v) is 5.11. The van der Waals surface area contributed by atoms with Gasteiger partial charge in [0.2, 0.25) is 0 Å². The minimum atomic E-state index is -0.313. The van der Waals surface area contributed by atoms with E-state index in [-0.39, 0.29) is 11.9 Å². The Bertz CT molecular complexity index is 766. The van der Waals surface area contributed by atoms with Crippen LogP contribution in [0.3, 0.4) is 0 Å². The molecule has 0 aliphatic heterocycles. The van der Waals surface area contributed by atoms with Gasteiger partial charge in [-0.1, -0.05) is 36.4 Å². The molecule has 0 saturated carbocycles. The van der Waals surface area contributed by atoms with Gasteiger partial charge in [0.15, 0.2) is 0 Å². The van der Waals surface area contributed by atoms with Crippen molar-refractivity contribution in [2.45, 2.75) is 25.8 Å². The van der Waals surface area contributed by atoms with Crippen LogP contribution in [-0.4, -0.2) is 21.0 Å². The van der Waals surface area contributed by atoms with Gasteiger partial charge in [0, 0.05) is 6.04 Å². The van der Waals surface area contributed by atoms with Crippen LogP contribution in [0.15, 0.2) is 42.5 Å². The van der Waals surface area contributed by atoms with Crippen LogP contribution in [-0.2, 0) is 6.42 Å². The Morgan fingerprint density at radius 3 is 2.81 bits per heavy atom. The zero-order valence-electron chi connectivity index (χ0n) is 11.8. The molecule has 1 aromatic heterocycles. The summed E-state index contributed by atoms with van der Waals surface area (Å²) in [6.45, 7) is 2.02.